The quantitative estimate of drug-likeness (QED) is 0.591. The third-order valence-corrected chi connectivity index (χ3v) is 7.88. The van der Waals surface area contributed by atoms with Gasteiger partial charge in [-0.15, -0.1) is 0 Å². The first kappa shape index (κ1) is 19.3. The number of benzene rings is 1. The van der Waals surface area contributed by atoms with Gasteiger partial charge in [-0.25, -0.2) is 8.42 Å². The molecule has 2 aliphatic rings. The van der Waals surface area contributed by atoms with Crippen LogP contribution in [0.25, 0.3) is 0 Å². The van der Waals surface area contributed by atoms with E-state index in [1.54, 1.807) is 0 Å². The molecule has 0 amide bonds. The zero-order chi connectivity index (χ0) is 19.1. The molecule has 2 fully saturated rings. The maximum atomic E-state index is 13.2. The van der Waals surface area contributed by atoms with Crippen molar-refractivity contribution >= 4 is 15.7 Å². The molecule has 3 atom stereocenters. The highest BCUT2D eigenvalue weighted by molar-refractivity contribution is 7.89. The standard InChI is InChI=1S/C18H27N3O4S/c1-13-9-10-14(2)20(13)16-6-5-11-19(12-16)26(24,25)18-8-4-7-17(15(18)3)21(22)23/h4,7-8,13-14,16H,5-6,9-12H2,1-3H3. The molecule has 0 radical (unpaired) electrons. The number of nitrogens with zero attached hydrogens (tertiary/aromatic N) is 3. The number of piperidine rings is 1. The summed E-state index contributed by atoms with van der Waals surface area (Å²) < 4.78 is 27.9. The molecule has 0 spiro atoms. The van der Waals surface area contributed by atoms with Gasteiger partial charge in [0, 0.05) is 42.8 Å². The van der Waals surface area contributed by atoms with E-state index in [1.807, 2.05) is 0 Å². The van der Waals surface area contributed by atoms with Crippen LogP contribution in [0, 0.1) is 17.0 Å². The first-order chi connectivity index (χ1) is 12.2. The first-order valence-electron chi connectivity index (χ1n) is 9.25. The molecule has 144 valence electrons. The molecule has 7 nitrogen and oxygen atoms in total. The Morgan fingerprint density at radius 2 is 1.81 bits per heavy atom. The number of rotatable bonds is 4. The van der Waals surface area contributed by atoms with E-state index in [0.717, 1.165) is 25.7 Å². The monoisotopic (exact) mass is 381 g/mol. The zero-order valence-electron chi connectivity index (χ0n) is 15.6. The van der Waals surface area contributed by atoms with Gasteiger partial charge in [0.2, 0.25) is 10.0 Å². The van der Waals surface area contributed by atoms with Gasteiger partial charge >= 0.3 is 0 Å². The van der Waals surface area contributed by atoms with Gasteiger partial charge in [-0.05, 0) is 52.5 Å². The normalized spacial score (nSPS) is 28.3. The lowest BCUT2D eigenvalue weighted by atomic mass is 10.0. The van der Waals surface area contributed by atoms with E-state index < -0.39 is 14.9 Å². The summed E-state index contributed by atoms with van der Waals surface area (Å²) in [6.07, 6.45) is 4.10. The summed E-state index contributed by atoms with van der Waals surface area (Å²) in [7, 11) is -3.74. The number of nitro benzene ring substituents is 1. The van der Waals surface area contributed by atoms with Crippen LogP contribution in [0.2, 0.25) is 0 Å². The average Bonchev–Trinajstić information content (AvgIpc) is 2.93. The second-order valence-electron chi connectivity index (χ2n) is 7.54. The van der Waals surface area contributed by atoms with E-state index in [-0.39, 0.29) is 22.2 Å². The summed E-state index contributed by atoms with van der Waals surface area (Å²) in [6, 6.07) is 5.42. The van der Waals surface area contributed by atoms with Crippen LogP contribution in [0.15, 0.2) is 23.1 Å². The van der Waals surface area contributed by atoms with Gasteiger partial charge in [0.05, 0.1) is 9.82 Å². The van der Waals surface area contributed by atoms with Gasteiger partial charge in [-0.1, -0.05) is 6.07 Å². The van der Waals surface area contributed by atoms with Gasteiger partial charge in [0.1, 0.15) is 0 Å². The van der Waals surface area contributed by atoms with Crippen LogP contribution in [0.4, 0.5) is 5.69 Å². The molecular weight excluding hydrogens is 354 g/mol. The lowest BCUT2D eigenvalue weighted by molar-refractivity contribution is -0.385. The van der Waals surface area contributed by atoms with Crippen LogP contribution in [0.1, 0.15) is 45.1 Å². The van der Waals surface area contributed by atoms with Crippen molar-refractivity contribution in [2.45, 2.75) is 69.5 Å². The molecule has 0 saturated carbocycles. The van der Waals surface area contributed by atoms with Gasteiger partial charge in [-0.3, -0.25) is 15.0 Å². The van der Waals surface area contributed by atoms with E-state index >= 15 is 0 Å². The summed E-state index contributed by atoms with van der Waals surface area (Å²) >= 11 is 0. The molecule has 0 N–H and O–H groups in total. The Labute approximate surface area is 155 Å². The summed E-state index contributed by atoms with van der Waals surface area (Å²) in [5.41, 5.74) is 0.0592. The average molecular weight is 381 g/mol. The molecule has 3 rings (SSSR count). The summed E-state index contributed by atoms with van der Waals surface area (Å²) in [5, 5.41) is 11.2. The van der Waals surface area contributed by atoms with Crippen molar-refractivity contribution in [3.63, 3.8) is 0 Å². The maximum Gasteiger partial charge on any atom is 0.273 e. The third kappa shape index (κ3) is 3.37. The van der Waals surface area contributed by atoms with Gasteiger partial charge in [0.15, 0.2) is 0 Å². The number of hydrogen-bond donors (Lipinski definition) is 0. The summed E-state index contributed by atoms with van der Waals surface area (Å²) in [4.78, 5) is 13.2. The molecule has 1 aromatic carbocycles. The van der Waals surface area contributed by atoms with Crippen LogP contribution in [-0.2, 0) is 10.0 Å². The Hall–Kier alpha value is -1.51. The topological polar surface area (TPSA) is 83.8 Å². The molecule has 2 saturated heterocycles. The van der Waals surface area contributed by atoms with Crippen molar-refractivity contribution in [3.8, 4) is 0 Å². The fourth-order valence-electron chi connectivity index (χ4n) is 4.54. The highest BCUT2D eigenvalue weighted by atomic mass is 32.2. The Morgan fingerprint density at radius 1 is 1.15 bits per heavy atom. The minimum atomic E-state index is -3.74. The van der Waals surface area contributed by atoms with Crippen molar-refractivity contribution in [1.82, 2.24) is 9.21 Å². The number of sulfonamides is 1. The second-order valence-corrected chi connectivity index (χ2v) is 9.45. The largest absolute Gasteiger partial charge is 0.294 e. The highest BCUT2D eigenvalue weighted by Crippen LogP contribution is 2.33. The Balaban J connectivity index is 1.88. The van der Waals surface area contributed by atoms with Crippen molar-refractivity contribution in [2.24, 2.45) is 0 Å². The van der Waals surface area contributed by atoms with Crippen LogP contribution >= 0.6 is 0 Å². The Morgan fingerprint density at radius 3 is 2.42 bits per heavy atom. The van der Waals surface area contributed by atoms with E-state index in [2.05, 4.69) is 18.7 Å². The molecule has 3 unspecified atom stereocenters. The van der Waals surface area contributed by atoms with Crippen molar-refractivity contribution in [2.75, 3.05) is 13.1 Å². The molecule has 0 aromatic heterocycles. The van der Waals surface area contributed by atoms with Crippen LogP contribution < -0.4 is 0 Å². The van der Waals surface area contributed by atoms with Crippen molar-refractivity contribution in [3.05, 3.63) is 33.9 Å². The van der Waals surface area contributed by atoms with E-state index in [1.165, 1.54) is 29.4 Å². The number of hydrogen-bond acceptors (Lipinski definition) is 5. The third-order valence-electron chi connectivity index (χ3n) is 5.87. The van der Waals surface area contributed by atoms with Gasteiger partial charge < -0.3 is 0 Å². The Bertz CT molecular complexity index is 786. The number of nitro groups is 1. The fraction of sp³-hybridized carbons (Fsp3) is 0.667. The van der Waals surface area contributed by atoms with E-state index in [4.69, 9.17) is 0 Å². The highest BCUT2D eigenvalue weighted by Gasteiger charge is 2.39. The molecular formula is C18H27N3O4S. The first-order valence-corrected chi connectivity index (χ1v) is 10.7. The molecule has 1 aromatic rings. The van der Waals surface area contributed by atoms with Crippen molar-refractivity contribution in [1.29, 1.82) is 0 Å². The van der Waals surface area contributed by atoms with Crippen LogP contribution in [0.3, 0.4) is 0 Å². The zero-order valence-corrected chi connectivity index (χ0v) is 16.4. The lowest BCUT2D eigenvalue weighted by Crippen LogP contribution is -2.52. The smallest absolute Gasteiger partial charge is 0.273 e. The molecule has 2 aliphatic heterocycles. The summed E-state index contributed by atoms with van der Waals surface area (Å²) in [6.45, 7) is 6.86. The SMILES string of the molecule is Cc1c([N+](=O)[O-])cccc1S(=O)(=O)N1CCCC(N2C(C)CCC2C)C1. The molecule has 26 heavy (non-hydrogen) atoms. The van der Waals surface area contributed by atoms with Crippen LogP contribution in [-0.4, -0.2) is 53.8 Å². The molecule has 0 aliphatic carbocycles. The second kappa shape index (κ2) is 7.25. The minimum absolute atomic E-state index is 0.0508. The summed E-state index contributed by atoms with van der Waals surface area (Å²) in [5.74, 6) is 0. The van der Waals surface area contributed by atoms with E-state index in [9.17, 15) is 18.5 Å². The number of likely N-dealkylation sites (tertiary alicyclic amines) is 1. The van der Waals surface area contributed by atoms with E-state index in [0.29, 0.717) is 25.2 Å². The molecule has 8 heteroatoms. The van der Waals surface area contributed by atoms with Crippen molar-refractivity contribution < 1.29 is 13.3 Å². The maximum absolute atomic E-state index is 13.2. The predicted molar refractivity (Wildman–Crippen MR) is 99.6 cm³/mol. The van der Waals surface area contributed by atoms with Gasteiger partial charge in [-0.2, -0.15) is 4.31 Å². The fourth-order valence-corrected chi connectivity index (χ4v) is 6.29. The molecule has 2 heterocycles. The predicted octanol–water partition coefficient (Wildman–Crippen LogP) is 2.93. The minimum Gasteiger partial charge on any atom is -0.294 e. The Kier molecular flexibility index (Phi) is 5.37. The van der Waals surface area contributed by atoms with Gasteiger partial charge in [0.25, 0.3) is 5.69 Å². The van der Waals surface area contributed by atoms with Crippen LogP contribution in [0.5, 0.6) is 0 Å². The molecule has 0 bridgehead atoms. The lowest BCUT2D eigenvalue weighted by Gasteiger charge is -2.41.